The van der Waals surface area contributed by atoms with Gasteiger partial charge in [0.2, 0.25) is 6.29 Å². The van der Waals surface area contributed by atoms with E-state index in [0.717, 1.165) is 0 Å². The van der Waals surface area contributed by atoms with E-state index in [1.54, 1.807) is 30.3 Å². The number of phenolic OH excluding ortho intramolecular Hbond substituents is 1. The van der Waals surface area contributed by atoms with Crippen LogP contribution >= 0.6 is 0 Å². The molecule has 5 N–H and O–H groups in total. The lowest BCUT2D eigenvalue weighted by molar-refractivity contribution is -0.277. The van der Waals surface area contributed by atoms with Crippen molar-refractivity contribution in [3.8, 4) is 17.2 Å². The van der Waals surface area contributed by atoms with Crippen molar-refractivity contribution in [2.45, 2.75) is 43.2 Å². The van der Waals surface area contributed by atoms with Gasteiger partial charge in [-0.2, -0.15) is 0 Å². The van der Waals surface area contributed by atoms with E-state index < -0.39 is 49.4 Å². The molecule has 2 aromatic rings. The Morgan fingerprint density at radius 1 is 1.06 bits per heavy atom. The van der Waals surface area contributed by atoms with Crippen LogP contribution in [0.2, 0.25) is 0 Å². The lowest BCUT2D eigenvalue weighted by Gasteiger charge is -2.39. The summed E-state index contributed by atoms with van der Waals surface area (Å²) in [6.07, 6.45) is -7.58. The van der Waals surface area contributed by atoms with Crippen LogP contribution in [0.5, 0.6) is 17.2 Å². The van der Waals surface area contributed by atoms with Gasteiger partial charge < -0.3 is 44.5 Å². The van der Waals surface area contributed by atoms with Gasteiger partial charge in [0.15, 0.2) is 11.5 Å². The van der Waals surface area contributed by atoms with Gasteiger partial charge in [-0.1, -0.05) is 18.2 Å². The maximum absolute atomic E-state index is 12.4. The average Bonchev–Trinajstić information content (AvgIpc) is 2.79. The number of rotatable bonds is 5. The number of hydrogen-bond acceptors (Lipinski definition) is 10. The van der Waals surface area contributed by atoms with E-state index in [1.807, 2.05) is 0 Å². The van der Waals surface area contributed by atoms with Crippen molar-refractivity contribution in [3.05, 3.63) is 53.1 Å². The van der Waals surface area contributed by atoms with Crippen molar-refractivity contribution in [2.24, 2.45) is 0 Å². The maximum Gasteiger partial charge on any atom is 0.342 e. The second kappa shape index (κ2) is 8.93. The molecule has 0 bridgehead atoms. The Morgan fingerprint density at radius 3 is 2.56 bits per heavy atom. The molecule has 10 heteroatoms. The lowest BCUT2D eigenvalue weighted by Crippen LogP contribution is -2.60. The number of phenols is 1. The Balaban J connectivity index is 1.60. The first-order chi connectivity index (χ1) is 15.3. The number of cyclic esters (lactones) is 1. The second-order valence-electron chi connectivity index (χ2n) is 7.63. The summed E-state index contributed by atoms with van der Waals surface area (Å²) in [4.78, 5) is 12.4. The highest BCUT2D eigenvalue weighted by atomic mass is 16.7. The molecule has 2 heterocycles. The number of aliphatic hydroxyl groups is 4. The van der Waals surface area contributed by atoms with Gasteiger partial charge in [0, 0.05) is 6.42 Å². The molecule has 0 aliphatic carbocycles. The molecule has 0 aromatic heterocycles. The monoisotopic (exact) mass is 448 g/mol. The number of aliphatic hydroxyl groups excluding tert-OH is 4. The van der Waals surface area contributed by atoms with E-state index in [4.69, 9.17) is 18.9 Å². The minimum absolute atomic E-state index is 0.132. The predicted molar refractivity (Wildman–Crippen MR) is 107 cm³/mol. The van der Waals surface area contributed by atoms with Crippen molar-refractivity contribution in [1.29, 1.82) is 0 Å². The molecule has 0 spiro atoms. The SMILES string of the molecule is COc1ccc([C@H]2Cc3cccc(O)c3C(=O)O2)cc1O[C@@H]1O[C@H](CO)[C@@H](O)[C@H](O)[C@H]1O. The Hall–Kier alpha value is -2.89. The number of methoxy groups -OCH3 is 1. The van der Waals surface area contributed by atoms with Crippen molar-refractivity contribution >= 4 is 5.97 Å². The van der Waals surface area contributed by atoms with Gasteiger partial charge >= 0.3 is 5.97 Å². The summed E-state index contributed by atoms with van der Waals surface area (Å²) in [5, 5.41) is 49.5. The fourth-order valence-corrected chi connectivity index (χ4v) is 3.88. The van der Waals surface area contributed by atoms with Crippen molar-refractivity contribution in [3.63, 3.8) is 0 Å². The third kappa shape index (κ3) is 3.98. The molecule has 0 unspecified atom stereocenters. The standard InChI is InChI=1S/C22H24O10/c1-29-13-6-5-10(14-8-11-3-2-4-12(24)17(11)21(28)30-14)7-15(13)31-22-20(27)19(26)18(25)16(9-23)32-22/h2-7,14,16,18-20,22-27H,8-9H2,1H3/t14-,16-,18-,19+,20-,22-/m1/s1. The summed E-state index contributed by atoms with van der Waals surface area (Å²) in [6, 6.07) is 9.61. The number of hydrogen-bond donors (Lipinski definition) is 5. The van der Waals surface area contributed by atoms with Crippen LogP contribution in [0.25, 0.3) is 0 Å². The molecule has 172 valence electrons. The lowest BCUT2D eigenvalue weighted by atomic mass is 9.94. The molecule has 4 rings (SSSR count). The minimum atomic E-state index is -1.59. The first-order valence-corrected chi connectivity index (χ1v) is 10.0. The molecule has 2 aromatic carbocycles. The molecular formula is C22H24O10. The number of carbonyl (C=O) groups is 1. The van der Waals surface area contributed by atoms with E-state index in [1.165, 1.54) is 13.2 Å². The van der Waals surface area contributed by atoms with Crippen LogP contribution in [0.15, 0.2) is 36.4 Å². The van der Waals surface area contributed by atoms with E-state index in [2.05, 4.69) is 0 Å². The largest absolute Gasteiger partial charge is 0.507 e. The zero-order valence-corrected chi connectivity index (χ0v) is 17.1. The minimum Gasteiger partial charge on any atom is -0.507 e. The van der Waals surface area contributed by atoms with Crippen LogP contribution in [0, 0.1) is 0 Å². The Morgan fingerprint density at radius 2 is 1.84 bits per heavy atom. The highest BCUT2D eigenvalue weighted by Gasteiger charge is 2.45. The number of carbonyl (C=O) groups excluding carboxylic acids is 1. The molecule has 0 saturated carbocycles. The van der Waals surface area contributed by atoms with Gasteiger partial charge in [-0.3, -0.25) is 0 Å². The van der Waals surface area contributed by atoms with Crippen LogP contribution in [-0.4, -0.2) is 75.9 Å². The van der Waals surface area contributed by atoms with Crippen LogP contribution < -0.4 is 9.47 Å². The van der Waals surface area contributed by atoms with E-state index in [0.29, 0.717) is 17.5 Å². The predicted octanol–water partition coefficient (Wildman–Crippen LogP) is 0.0337. The summed E-state index contributed by atoms with van der Waals surface area (Å²) in [6.45, 7) is -0.591. The van der Waals surface area contributed by atoms with Gasteiger partial charge in [-0.05, 0) is 29.3 Å². The quantitative estimate of drug-likeness (QED) is 0.396. The summed E-state index contributed by atoms with van der Waals surface area (Å²) < 4.78 is 21.9. The zero-order valence-electron chi connectivity index (χ0n) is 17.1. The van der Waals surface area contributed by atoms with Gasteiger partial charge in [0.05, 0.1) is 13.7 Å². The topological polar surface area (TPSA) is 155 Å². The first kappa shape index (κ1) is 22.3. The number of esters is 1. The van der Waals surface area contributed by atoms with E-state index in [-0.39, 0.29) is 22.8 Å². The molecule has 0 amide bonds. The second-order valence-corrected chi connectivity index (χ2v) is 7.63. The average molecular weight is 448 g/mol. The fraction of sp³-hybridized carbons (Fsp3) is 0.409. The zero-order chi connectivity index (χ0) is 23.0. The Bertz CT molecular complexity index is 991. The summed E-state index contributed by atoms with van der Waals surface area (Å²) >= 11 is 0. The number of aromatic hydroxyl groups is 1. The van der Waals surface area contributed by atoms with Crippen LogP contribution in [0.1, 0.15) is 27.6 Å². The van der Waals surface area contributed by atoms with Gasteiger partial charge in [0.25, 0.3) is 0 Å². The molecule has 2 aliphatic rings. The number of ether oxygens (including phenoxy) is 4. The smallest absolute Gasteiger partial charge is 0.342 e. The Labute approximate surface area is 183 Å². The normalized spacial score (nSPS) is 29.7. The Kier molecular flexibility index (Phi) is 6.22. The summed E-state index contributed by atoms with van der Waals surface area (Å²) in [5.74, 6) is -0.383. The number of benzene rings is 2. The van der Waals surface area contributed by atoms with Gasteiger partial charge in [-0.25, -0.2) is 4.79 Å². The van der Waals surface area contributed by atoms with Gasteiger partial charge in [-0.15, -0.1) is 0 Å². The first-order valence-electron chi connectivity index (χ1n) is 10.0. The van der Waals surface area contributed by atoms with Crippen LogP contribution in [0.3, 0.4) is 0 Å². The summed E-state index contributed by atoms with van der Waals surface area (Å²) in [7, 11) is 1.41. The molecular weight excluding hydrogens is 424 g/mol. The highest BCUT2D eigenvalue weighted by Crippen LogP contribution is 2.38. The molecule has 1 fully saturated rings. The molecule has 2 aliphatic heterocycles. The molecule has 1 saturated heterocycles. The molecule has 32 heavy (non-hydrogen) atoms. The molecule has 6 atom stereocenters. The molecule has 0 radical (unpaired) electrons. The number of fused-ring (bicyclic) bond motifs is 1. The molecule has 10 nitrogen and oxygen atoms in total. The van der Waals surface area contributed by atoms with Crippen molar-refractivity contribution < 1.29 is 49.3 Å². The third-order valence-corrected chi connectivity index (χ3v) is 5.64. The highest BCUT2D eigenvalue weighted by molar-refractivity contribution is 5.95. The van der Waals surface area contributed by atoms with Crippen molar-refractivity contribution in [1.82, 2.24) is 0 Å². The van der Waals surface area contributed by atoms with Crippen molar-refractivity contribution in [2.75, 3.05) is 13.7 Å². The van der Waals surface area contributed by atoms with Crippen LogP contribution in [0.4, 0.5) is 0 Å². The maximum atomic E-state index is 12.4. The van der Waals surface area contributed by atoms with E-state index in [9.17, 15) is 30.3 Å². The fourth-order valence-electron chi connectivity index (χ4n) is 3.88. The van der Waals surface area contributed by atoms with E-state index >= 15 is 0 Å². The third-order valence-electron chi connectivity index (χ3n) is 5.64. The van der Waals surface area contributed by atoms with Gasteiger partial charge in [0.1, 0.15) is 41.8 Å². The summed E-state index contributed by atoms with van der Waals surface area (Å²) in [5.41, 5.74) is 1.33. The van der Waals surface area contributed by atoms with Crippen LogP contribution in [-0.2, 0) is 15.9 Å².